The lowest BCUT2D eigenvalue weighted by atomic mass is 10.1. The molecule has 2 saturated heterocycles. The Morgan fingerprint density at radius 3 is 2.13 bits per heavy atom. The zero-order valence-electron chi connectivity index (χ0n) is 23.6. The van der Waals surface area contributed by atoms with E-state index in [2.05, 4.69) is 78.6 Å². The van der Waals surface area contributed by atoms with Crippen LogP contribution in [-0.4, -0.2) is 60.8 Å². The van der Waals surface area contributed by atoms with Crippen LogP contribution in [0.1, 0.15) is 32.4 Å². The second-order valence-corrected chi connectivity index (χ2v) is 13.9. The van der Waals surface area contributed by atoms with Gasteiger partial charge in [-0.3, -0.25) is 9.88 Å². The molecule has 39 heavy (non-hydrogen) atoms. The highest BCUT2D eigenvalue weighted by atomic mass is 32.2. The molecule has 2 atom stereocenters. The highest BCUT2D eigenvalue weighted by Crippen LogP contribution is 2.35. The van der Waals surface area contributed by atoms with Gasteiger partial charge in [0.1, 0.15) is 0 Å². The highest BCUT2D eigenvalue weighted by Gasteiger charge is 2.39. The number of nitrogens with zero attached hydrogens (tertiary/aromatic N) is 4. The topological polar surface area (TPSA) is 58.4 Å². The molecule has 2 bridgehead atoms. The molecule has 6 nitrogen and oxygen atoms in total. The summed E-state index contributed by atoms with van der Waals surface area (Å²) in [5.74, 6) is 0.716. The number of rotatable bonds is 6. The first-order valence-electron chi connectivity index (χ1n) is 14.0. The molecule has 0 amide bonds. The summed E-state index contributed by atoms with van der Waals surface area (Å²) in [6.07, 6.45) is 3.87. The lowest BCUT2D eigenvalue weighted by molar-refractivity contribution is 0.151. The van der Waals surface area contributed by atoms with E-state index in [1.807, 2.05) is 12.1 Å². The summed E-state index contributed by atoms with van der Waals surface area (Å²) < 4.78 is 25.9. The molecule has 2 unspecified atom stereocenters. The van der Waals surface area contributed by atoms with Gasteiger partial charge in [0.2, 0.25) is 0 Å². The van der Waals surface area contributed by atoms with E-state index in [1.165, 1.54) is 31.3 Å². The predicted molar refractivity (Wildman–Crippen MR) is 160 cm³/mol. The van der Waals surface area contributed by atoms with Crippen LogP contribution in [-0.2, 0) is 16.9 Å². The van der Waals surface area contributed by atoms with Gasteiger partial charge in [0.05, 0.1) is 16.1 Å². The zero-order chi connectivity index (χ0) is 27.5. The molecule has 2 aliphatic heterocycles. The maximum absolute atomic E-state index is 11.9. The Morgan fingerprint density at radius 2 is 1.54 bits per heavy atom. The first kappa shape index (κ1) is 26.1. The maximum Gasteiger partial charge on any atom is 0.175 e. The molecule has 204 valence electrons. The van der Waals surface area contributed by atoms with Crippen LogP contribution < -0.4 is 4.90 Å². The minimum atomic E-state index is -3.22. The van der Waals surface area contributed by atoms with Gasteiger partial charge in [-0.15, -0.1) is 0 Å². The van der Waals surface area contributed by atoms with Gasteiger partial charge in [-0.1, -0.05) is 38.1 Å². The van der Waals surface area contributed by atoms with Crippen LogP contribution in [0.15, 0.2) is 65.6 Å². The van der Waals surface area contributed by atoms with Gasteiger partial charge in [0, 0.05) is 73.0 Å². The van der Waals surface area contributed by atoms with Gasteiger partial charge < -0.3 is 9.47 Å². The summed E-state index contributed by atoms with van der Waals surface area (Å²) in [5.41, 5.74) is 7.50. The third kappa shape index (κ3) is 4.87. The van der Waals surface area contributed by atoms with Gasteiger partial charge in [0.15, 0.2) is 9.84 Å². The van der Waals surface area contributed by atoms with Crippen molar-refractivity contribution in [2.24, 2.45) is 13.0 Å². The molecule has 2 fully saturated rings. The molecule has 2 aromatic heterocycles. The summed E-state index contributed by atoms with van der Waals surface area (Å²) in [5, 5.41) is 1.11. The van der Waals surface area contributed by atoms with E-state index in [1.54, 1.807) is 12.1 Å². The van der Waals surface area contributed by atoms with Crippen molar-refractivity contribution in [3.63, 3.8) is 0 Å². The molecule has 7 heteroatoms. The summed E-state index contributed by atoms with van der Waals surface area (Å²) >= 11 is 0. The van der Waals surface area contributed by atoms with Crippen LogP contribution in [0.25, 0.3) is 33.4 Å². The van der Waals surface area contributed by atoms with Crippen molar-refractivity contribution in [2.45, 2.75) is 50.6 Å². The van der Waals surface area contributed by atoms with Crippen LogP contribution in [0.4, 0.5) is 5.69 Å². The largest absolute Gasteiger partial charge is 0.368 e. The molecule has 6 rings (SSSR count). The quantitative estimate of drug-likeness (QED) is 0.302. The third-order valence-corrected chi connectivity index (χ3v) is 9.68. The fraction of sp³-hybridized carbons (Fsp3) is 0.406. The lowest BCUT2D eigenvalue weighted by Crippen LogP contribution is -2.54. The molecular formula is C32H38N4O2S. The Morgan fingerprint density at radius 1 is 0.923 bits per heavy atom. The van der Waals surface area contributed by atoms with E-state index in [-0.39, 0.29) is 0 Å². The fourth-order valence-electron chi connectivity index (χ4n) is 6.55. The third-order valence-electron chi connectivity index (χ3n) is 8.55. The van der Waals surface area contributed by atoms with E-state index in [0.717, 1.165) is 52.2 Å². The van der Waals surface area contributed by atoms with Crippen molar-refractivity contribution in [1.82, 2.24) is 14.5 Å². The Labute approximate surface area is 232 Å². The number of pyridine rings is 1. The fourth-order valence-corrected chi connectivity index (χ4v) is 7.18. The number of aryl methyl sites for hydroxylation is 2. The second-order valence-electron chi connectivity index (χ2n) is 11.8. The SMILES string of the molecule is Cc1nc(-c2ccc(N3CC4CCC(C3)N4CC(C)C)cc2)cc2c1cc(-c1ccc(S(C)(=O)=O)cc1)n2C. The second kappa shape index (κ2) is 9.79. The van der Waals surface area contributed by atoms with Crippen molar-refractivity contribution >= 4 is 26.4 Å². The number of piperazine rings is 1. The van der Waals surface area contributed by atoms with Crippen LogP contribution in [0.5, 0.6) is 0 Å². The molecule has 0 radical (unpaired) electrons. The van der Waals surface area contributed by atoms with Gasteiger partial charge in [0.25, 0.3) is 0 Å². The van der Waals surface area contributed by atoms with Crippen molar-refractivity contribution in [3.8, 4) is 22.5 Å². The summed E-state index contributed by atoms with van der Waals surface area (Å²) in [7, 11) is -1.16. The first-order valence-corrected chi connectivity index (χ1v) is 15.9. The summed E-state index contributed by atoms with van der Waals surface area (Å²) in [4.78, 5) is 10.6. The molecule has 2 aliphatic rings. The monoisotopic (exact) mass is 542 g/mol. The van der Waals surface area contributed by atoms with E-state index >= 15 is 0 Å². The standard InChI is InChI=1S/C32H38N4O2S/c1-21(2)18-36-26-12-13-27(36)20-35(19-26)25-10-6-23(7-11-25)30-17-32-29(22(3)33-30)16-31(34(32)4)24-8-14-28(15-9-24)39(5,37)38/h6-11,14-17,21,26-27H,12-13,18-20H2,1-5H3. The van der Waals surface area contributed by atoms with Crippen LogP contribution >= 0.6 is 0 Å². The normalized spacial score (nSPS) is 19.9. The van der Waals surface area contributed by atoms with E-state index in [0.29, 0.717) is 22.9 Å². The number of benzene rings is 2. The minimum Gasteiger partial charge on any atom is -0.368 e. The number of hydrogen-bond donors (Lipinski definition) is 0. The highest BCUT2D eigenvalue weighted by molar-refractivity contribution is 7.90. The van der Waals surface area contributed by atoms with Gasteiger partial charge >= 0.3 is 0 Å². The average Bonchev–Trinajstić information content (AvgIpc) is 3.34. The Kier molecular flexibility index (Phi) is 6.55. The predicted octanol–water partition coefficient (Wildman–Crippen LogP) is 5.93. The molecule has 0 spiro atoms. The summed E-state index contributed by atoms with van der Waals surface area (Å²) in [6.45, 7) is 10.1. The molecule has 0 saturated carbocycles. The summed E-state index contributed by atoms with van der Waals surface area (Å²) in [6, 6.07) is 21.7. The number of fused-ring (bicyclic) bond motifs is 3. The number of anilines is 1. The van der Waals surface area contributed by atoms with E-state index < -0.39 is 9.84 Å². The van der Waals surface area contributed by atoms with E-state index in [9.17, 15) is 8.42 Å². The first-order chi connectivity index (χ1) is 18.6. The Bertz CT molecular complexity index is 1610. The Balaban J connectivity index is 1.26. The van der Waals surface area contributed by atoms with Crippen molar-refractivity contribution in [1.29, 1.82) is 0 Å². The van der Waals surface area contributed by atoms with Crippen molar-refractivity contribution in [2.75, 3.05) is 30.8 Å². The number of hydrogen-bond acceptors (Lipinski definition) is 5. The number of sulfone groups is 1. The molecule has 2 aromatic carbocycles. The average molecular weight is 543 g/mol. The van der Waals surface area contributed by atoms with Crippen LogP contribution in [0.3, 0.4) is 0 Å². The molecular weight excluding hydrogens is 504 g/mol. The van der Waals surface area contributed by atoms with E-state index in [4.69, 9.17) is 4.98 Å². The smallest absolute Gasteiger partial charge is 0.175 e. The van der Waals surface area contributed by atoms with Crippen molar-refractivity contribution in [3.05, 3.63) is 66.4 Å². The van der Waals surface area contributed by atoms with Crippen LogP contribution in [0, 0.1) is 12.8 Å². The molecule has 0 aliphatic carbocycles. The van der Waals surface area contributed by atoms with Gasteiger partial charge in [-0.25, -0.2) is 8.42 Å². The Hall–Kier alpha value is -3.16. The lowest BCUT2D eigenvalue weighted by Gasteiger charge is -2.43. The molecule has 0 N–H and O–H groups in total. The van der Waals surface area contributed by atoms with Crippen LogP contribution in [0.2, 0.25) is 0 Å². The molecule has 4 heterocycles. The maximum atomic E-state index is 11.9. The molecule has 4 aromatic rings. The zero-order valence-corrected chi connectivity index (χ0v) is 24.4. The van der Waals surface area contributed by atoms with Gasteiger partial charge in [-0.2, -0.15) is 0 Å². The van der Waals surface area contributed by atoms with Crippen molar-refractivity contribution < 1.29 is 8.42 Å². The van der Waals surface area contributed by atoms with Gasteiger partial charge in [-0.05, 0) is 67.6 Å². The number of aromatic nitrogens is 2. The minimum absolute atomic E-state index is 0.332.